The van der Waals surface area contributed by atoms with Crippen molar-refractivity contribution in [3.63, 3.8) is 0 Å². The number of nitrogens with zero attached hydrogens (tertiary/aromatic N) is 5. The van der Waals surface area contributed by atoms with Gasteiger partial charge in [-0.2, -0.15) is 5.26 Å². The SMILES string of the molecule is Cl.N#Cc1ccnc(Nc2cc(C3CC3)cc(-c3cncc(N4CCC[C@@H](O)C4)c3)n2)c1. The van der Waals surface area contributed by atoms with Crippen LogP contribution in [0.1, 0.15) is 42.7 Å². The zero-order valence-corrected chi connectivity index (χ0v) is 18.4. The van der Waals surface area contributed by atoms with Crippen LogP contribution in [0.25, 0.3) is 11.3 Å². The minimum absolute atomic E-state index is 0. The highest BCUT2D eigenvalue weighted by atomic mass is 35.5. The number of pyridine rings is 3. The van der Waals surface area contributed by atoms with E-state index in [1.54, 1.807) is 18.3 Å². The topological polar surface area (TPSA) is 98.0 Å². The molecule has 4 heterocycles. The second-order valence-corrected chi connectivity index (χ2v) is 8.29. The van der Waals surface area contributed by atoms with E-state index in [-0.39, 0.29) is 18.5 Å². The number of aliphatic hydroxyl groups is 1. The minimum Gasteiger partial charge on any atom is -0.391 e. The summed E-state index contributed by atoms with van der Waals surface area (Å²) in [5, 5.41) is 22.4. The molecule has 1 saturated carbocycles. The zero-order valence-electron chi connectivity index (χ0n) is 17.6. The number of piperidine rings is 1. The first kappa shape index (κ1) is 22.0. The van der Waals surface area contributed by atoms with Crippen molar-refractivity contribution in [2.75, 3.05) is 23.3 Å². The lowest BCUT2D eigenvalue weighted by atomic mass is 10.1. The molecule has 0 unspecified atom stereocenters. The number of nitrogens with one attached hydrogen (secondary N) is 1. The smallest absolute Gasteiger partial charge is 0.132 e. The Morgan fingerprint density at radius 3 is 2.75 bits per heavy atom. The first-order valence-electron chi connectivity index (χ1n) is 10.7. The van der Waals surface area contributed by atoms with Crippen LogP contribution in [0.4, 0.5) is 17.3 Å². The molecule has 3 aromatic rings. The first-order chi connectivity index (χ1) is 15.2. The molecule has 164 valence electrons. The van der Waals surface area contributed by atoms with Gasteiger partial charge in [-0.05, 0) is 67.5 Å². The van der Waals surface area contributed by atoms with E-state index in [1.807, 2.05) is 12.4 Å². The summed E-state index contributed by atoms with van der Waals surface area (Å²) < 4.78 is 0. The van der Waals surface area contributed by atoms with Gasteiger partial charge in [0.15, 0.2) is 0 Å². The van der Waals surface area contributed by atoms with E-state index in [2.05, 4.69) is 44.5 Å². The molecule has 1 atom stereocenters. The van der Waals surface area contributed by atoms with Gasteiger partial charge in [0.05, 0.1) is 35.3 Å². The number of anilines is 3. The van der Waals surface area contributed by atoms with E-state index in [1.165, 1.54) is 18.4 Å². The Kier molecular flexibility index (Phi) is 6.54. The predicted octanol–water partition coefficient (Wildman–Crippen LogP) is 4.41. The zero-order chi connectivity index (χ0) is 21.2. The van der Waals surface area contributed by atoms with Gasteiger partial charge in [0.2, 0.25) is 0 Å². The van der Waals surface area contributed by atoms with Gasteiger partial charge in [-0.1, -0.05) is 0 Å². The molecule has 2 fully saturated rings. The summed E-state index contributed by atoms with van der Waals surface area (Å²) in [6, 6.07) is 11.9. The molecular weight excluding hydrogens is 424 g/mol. The number of rotatable bonds is 5. The van der Waals surface area contributed by atoms with Gasteiger partial charge in [0.1, 0.15) is 11.6 Å². The highest BCUT2D eigenvalue weighted by Crippen LogP contribution is 2.42. The van der Waals surface area contributed by atoms with Crippen LogP contribution in [0.5, 0.6) is 0 Å². The Labute approximate surface area is 193 Å². The van der Waals surface area contributed by atoms with Crippen molar-refractivity contribution >= 4 is 29.7 Å². The molecule has 1 aliphatic heterocycles. The summed E-state index contributed by atoms with van der Waals surface area (Å²) in [6.45, 7) is 1.56. The Hall–Kier alpha value is -3.21. The quantitative estimate of drug-likeness (QED) is 0.596. The number of aromatic nitrogens is 3. The Morgan fingerprint density at radius 2 is 1.97 bits per heavy atom. The average molecular weight is 449 g/mol. The van der Waals surface area contributed by atoms with Crippen LogP contribution in [-0.2, 0) is 0 Å². The van der Waals surface area contributed by atoms with Crippen molar-refractivity contribution in [2.45, 2.75) is 37.7 Å². The van der Waals surface area contributed by atoms with Gasteiger partial charge in [-0.25, -0.2) is 9.97 Å². The standard InChI is InChI=1S/C24H24N6O.ClH/c25-12-16-5-6-27-23(8-16)29-24-11-18(17-3-4-17)10-22(28-24)19-9-20(14-26-13-19)30-7-1-2-21(31)15-30;/h5-6,8-11,13-14,17,21,31H,1-4,7,15H2,(H,27,28,29);1H/t21-;/m1./s1. The van der Waals surface area contributed by atoms with E-state index < -0.39 is 0 Å². The maximum Gasteiger partial charge on any atom is 0.132 e. The molecule has 32 heavy (non-hydrogen) atoms. The van der Waals surface area contributed by atoms with Crippen LogP contribution in [0.2, 0.25) is 0 Å². The second kappa shape index (κ2) is 9.51. The van der Waals surface area contributed by atoms with E-state index in [9.17, 15) is 5.11 Å². The molecule has 3 aromatic heterocycles. The molecule has 0 radical (unpaired) electrons. The molecule has 0 bridgehead atoms. The maximum absolute atomic E-state index is 10.0. The number of aliphatic hydroxyl groups excluding tert-OH is 1. The largest absolute Gasteiger partial charge is 0.391 e. The lowest BCUT2D eigenvalue weighted by Crippen LogP contribution is -2.38. The van der Waals surface area contributed by atoms with Crippen LogP contribution in [-0.4, -0.2) is 39.3 Å². The van der Waals surface area contributed by atoms with Crippen molar-refractivity contribution in [3.05, 3.63) is 60.0 Å². The van der Waals surface area contributed by atoms with E-state index in [0.29, 0.717) is 29.7 Å². The second-order valence-electron chi connectivity index (χ2n) is 8.29. The molecule has 2 N–H and O–H groups in total. The third kappa shape index (κ3) is 4.98. The summed E-state index contributed by atoms with van der Waals surface area (Å²) >= 11 is 0. The lowest BCUT2D eigenvalue weighted by molar-refractivity contribution is 0.154. The molecule has 0 aromatic carbocycles. The predicted molar refractivity (Wildman–Crippen MR) is 126 cm³/mol. The van der Waals surface area contributed by atoms with E-state index in [4.69, 9.17) is 10.2 Å². The van der Waals surface area contributed by atoms with Crippen LogP contribution in [0, 0.1) is 11.3 Å². The monoisotopic (exact) mass is 448 g/mol. The van der Waals surface area contributed by atoms with Gasteiger partial charge in [-0.15, -0.1) is 12.4 Å². The Bertz CT molecular complexity index is 1140. The third-order valence-corrected chi connectivity index (χ3v) is 5.82. The summed E-state index contributed by atoms with van der Waals surface area (Å²) in [6.07, 6.45) is 9.22. The number of hydrogen-bond acceptors (Lipinski definition) is 7. The Balaban J connectivity index is 0.00000245. The van der Waals surface area contributed by atoms with E-state index >= 15 is 0 Å². The van der Waals surface area contributed by atoms with E-state index in [0.717, 1.165) is 36.3 Å². The first-order valence-corrected chi connectivity index (χ1v) is 10.7. The van der Waals surface area contributed by atoms with Gasteiger partial charge < -0.3 is 15.3 Å². The summed E-state index contributed by atoms with van der Waals surface area (Å²) in [7, 11) is 0. The molecule has 0 spiro atoms. The normalized spacial score (nSPS) is 17.9. The fourth-order valence-corrected chi connectivity index (χ4v) is 4.05. The van der Waals surface area contributed by atoms with Crippen molar-refractivity contribution in [2.24, 2.45) is 0 Å². The summed E-state index contributed by atoms with van der Waals surface area (Å²) in [4.78, 5) is 15.8. The summed E-state index contributed by atoms with van der Waals surface area (Å²) in [5.74, 6) is 1.87. The molecule has 1 saturated heterocycles. The maximum atomic E-state index is 10.0. The average Bonchev–Trinajstić information content (AvgIpc) is 3.65. The van der Waals surface area contributed by atoms with Gasteiger partial charge in [0, 0.05) is 31.0 Å². The van der Waals surface area contributed by atoms with Gasteiger partial charge >= 0.3 is 0 Å². The fourth-order valence-electron chi connectivity index (χ4n) is 4.05. The molecular formula is C24H25ClN6O. The highest BCUT2D eigenvalue weighted by molar-refractivity contribution is 5.85. The summed E-state index contributed by atoms with van der Waals surface area (Å²) in [5.41, 5.74) is 4.62. The molecule has 1 aliphatic carbocycles. The number of halogens is 1. The highest BCUT2D eigenvalue weighted by Gasteiger charge is 2.25. The minimum atomic E-state index is -0.291. The number of hydrogen-bond donors (Lipinski definition) is 2. The van der Waals surface area contributed by atoms with Gasteiger partial charge in [0.25, 0.3) is 0 Å². The lowest BCUT2D eigenvalue weighted by Gasteiger charge is -2.31. The van der Waals surface area contributed by atoms with Gasteiger partial charge in [-0.3, -0.25) is 4.98 Å². The Morgan fingerprint density at radius 1 is 1.09 bits per heavy atom. The van der Waals surface area contributed by atoms with Crippen LogP contribution >= 0.6 is 12.4 Å². The van der Waals surface area contributed by atoms with Crippen molar-refractivity contribution in [1.82, 2.24) is 15.0 Å². The molecule has 2 aliphatic rings. The molecule has 5 rings (SSSR count). The number of β-amino-alcohol motifs (C(OH)–C–C–N with tert-alkyl or cyclic N) is 1. The molecule has 7 nitrogen and oxygen atoms in total. The van der Waals surface area contributed by atoms with Crippen LogP contribution < -0.4 is 10.2 Å². The fraction of sp³-hybridized carbons (Fsp3) is 0.333. The molecule has 0 amide bonds. The van der Waals surface area contributed by atoms with Crippen molar-refractivity contribution in [3.8, 4) is 17.3 Å². The third-order valence-electron chi connectivity index (χ3n) is 5.82. The van der Waals surface area contributed by atoms with Crippen molar-refractivity contribution < 1.29 is 5.11 Å². The van der Waals surface area contributed by atoms with Crippen LogP contribution in [0.3, 0.4) is 0 Å². The van der Waals surface area contributed by atoms with Crippen LogP contribution in [0.15, 0.2) is 48.9 Å². The van der Waals surface area contributed by atoms with Crippen molar-refractivity contribution in [1.29, 1.82) is 5.26 Å². The molecule has 8 heteroatoms. The number of nitriles is 1.